The van der Waals surface area contributed by atoms with Crippen molar-refractivity contribution in [2.24, 2.45) is 5.14 Å². The van der Waals surface area contributed by atoms with Gasteiger partial charge in [-0.3, -0.25) is 9.69 Å². The molecule has 8 heteroatoms. The predicted octanol–water partition coefficient (Wildman–Crippen LogP) is -0.463. The van der Waals surface area contributed by atoms with Gasteiger partial charge in [0, 0.05) is 24.5 Å². The minimum absolute atomic E-state index is 0.0571. The van der Waals surface area contributed by atoms with E-state index in [2.05, 4.69) is 4.98 Å². The molecule has 1 aromatic rings. The topological polar surface area (TPSA) is 93.4 Å². The third kappa shape index (κ3) is 2.01. The molecule has 1 unspecified atom stereocenters. The first-order chi connectivity index (χ1) is 6.98. The molecule has 0 radical (unpaired) electrons. The summed E-state index contributed by atoms with van der Waals surface area (Å²) in [4.78, 5) is 16.8. The van der Waals surface area contributed by atoms with Crippen LogP contribution in [0.5, 0.6) is 0 Å². The molecule has 1 aliphatic rings. The average Bonchev–Trinajstić information content (AvgIpc) is 2.69. The Morgan fingerprint density at radius 2 is 2.33 bits per heavy atom. The van der Waals surface area contributed by atoms with Crippen LogP contribution in [0.3, 0.4) is 0 Å². The van der Waals surface area contributed by atoms with E-state index in [0.29, 0.717) is 5.13 Å². The van der Waals surface area contributed by atoms with Crippen LogP contribution < -0.4 is 10.0 Å². The second-order valence-electron chi connectivity index (χ2n) is 3.23. The summed E-state index contributed by atoms with van der Waals surface area (Å²) in [6.45, 7) is 0.102. The van der Waals surface area contributed by atoms with Gasteiger partial charge in [0.2, 0.25) is 15.9 Å². The van der Waals surface area contributed by atoms with Gasteiger partial charge in [-0.05, 0) is 0 Å². The number of thiazole rings is 1. The van der Waals surface area contributed by atoms with Crippen molar-refractivity contribution in [3.05, 3.63) is 11.6 Å². The fourth-order valence-corrected chi connectivity index (χ4v) is 2.83. The minimum atomic E-state index is -3.65. The maximum atomic E-state index is 11.5. The molecule has 1 saturated heterocycles. The van der Waals surface area contributed by atoms with Gasteiger partial charge in [-0.15, -0.1) is 11.3 Å². The molecule has 1 amide bonds. The predicted molar refractivity (Wildman–Crippen MR) is 56.0 cm³/mol. The SMILES string of the molecule is NS(=O)(=O)C1CC(=O)N(c2nccs2)C1. The van der Waals surface area contributed by atoms with E-state index in [-0.39, 0.29) is 18.9 Å². The van der Waals surface area contributed by atoms with Gasteiger partial charge >= 0.3 is 0 Å². The van der Waals surface area contributed by atoms with Crippen molar-refractivity contribution in [1.82, 2.24) is 4.98 Å². The third-order valence-corrected chi connectivity index (χ3v) is 4.24. The highest BCUT2D eigenvalue weighted by molar-refractivity contribution is 7.89. The number of rotatable bonds is 2. The van der Waals surface area contributed by atoms with E-state index in [0.717, 1.165) is 0 Å². The Hall–Kier alpha value is -0.990. The van der Waals surface area contributed by atoms with E-state index >= 15 is 0 Å². The zero-order valence-electron chi connectivity index (χ0n) is 7.66. The molecule has 1 fully saturated rings. The van der Waals surface area contributed by atoms with Crippen LogP contribution in [0, 0.1) is 0 Å². The standard InChI is InChI=1S/C7H9N3O3S2/c8-15(12,13)5-3-6(11)10(4-5)7-9-1-2-14-7/h1-2,5H,3-4H2,(H2,8,12,13). The smallest absolute Gasteiger partial charge is 0.230 e. The van der Waals surface area contributed by atoms with Gasteiger partial charge in [0.1, 0.15) is 5.25 Å². The number of anilines is 1. The lowest BCUT2D eigenvalue weighted by molar-refractivity contribution is -0.117. The number of sulfonamides is 1. The molecule has 82 valence electrons. The molecule has 1 aromatic heterocycles. The highest BCUT2D eigenvalue weighted by Crippen LogP contribution is 2.25. The molecule has 2 N–H and O–H groups in total. The molecule has 2 heterocycles. The van der Waals surface area contributed by atoms with Crippen molar-refractivity contribution in [2.45, 2.75) is 11.7 Å². The van der Waals surface area contributed by atoms with Gasteiger partial charge in [-0.2, -0.15) is 0 Å². The van der Waals surface area contributed by atoms with E-state index in [1.54, 1.807) is 11.6 Å². The Morgan fingerprint density at radius 3 is 2.80 bits per heavy atom. The van der Waals surface area contributed by atoms with E-state index in [9.17, 15) is 13.2 Å². The van der Waals surface area contributed by atoms with Gasteiger partial charge < -0.3 is 0 Å². The maximum Gasteiger partial charge on any atom is 0.230 e. The average molecular weight is 247 g/mol. The molecular formula is C7H9N3O3S2. The number of aromatic nitrogens is 1. The van der Waals surface area contributed by atoms with Crippen molar-refractivity contribution in [3.63, 3.8) is 0 Å². The van der Waals surface area contributed by atoms with Crippen LogP contribution in [-0.2, 0) is 14.8 Å². The number of nitrogens with zero attached hydrogens (tertiary/aromatic N) is 2. The molecule has 0 spiro atoms. The molecule has 1 aliphatic heterocycles. The number of carbonyl (C=O) groups excluding carboxylic acids is 1. The van der Waals surface area contributed by atoms with Gasteiger partial charge in [-0.1, -0.05) is 0 Å². The Morgan fingerprint density at radius 1 is 1.60 bits per heavy atom. The summed E-state index contributed by atoms with van der Waals surface area (Å²) in [7, 11) is -3.65. The molecule has 2 rings (SSSR count). The number of primary sulfonamides is 1. The number of nitrogens with two attached hydrogens (primary N) is 1. The van der Waals surface area contributed by atoms with Crippen molar-refractivity contribution in [3.8, 4) is 0 Å². The Bertz CT molecular complexity index is 468. The lowest BCUT2D eigenvalue weighted by Crippen LogP contribution is -2.32. The van der Waals surface area contributed by atoms with Crippen LogP contribution >= 0.6 is 11.3 Å². The second kappa shape index (κ2) is 3.54. The van der Waals surface area contributed by atoms with Crippen molar-refractivity contribution >= 4 is 32.4 Å². The van der Waals surface area contributed by atoms with Crippen molar-refractivity contribution in [1.29, 1.82) is 0 Å². The normalized spacial score (nSPS) is 22.3. The second-order valence-corrected chi connectivity index (χ2v) is 5.95. The highest BCUT2D eigenvalue weighted by atomic mass is 32.2. The molecular weight excluding hydrogens is 238 g/mol. The molecule has 6 nitrogen and oxygen atoms in total. The summed E-state index contributed by atoms with van der Waals surface area (Å²) in [6.07, 6.45) is 1.51. The molecule has 1 atom stereocenters. The summed E-state index contributed by atoms with van der Waals surface area (Å²) >= 11 is 1.29. The lowest BCUT2D eigenvalue weighted by Gasteiger charge is -2.11. The van der Waals surface area contributed by atoms with Crippen LogP contribution in [0.25, 0.3) is 0 Å². The fraction of sp³-hybridized carbons (Fsp3) is 0.429. The maximum absolute atomic E-state index is 11.5. The van der Waals surface area contributed by atoms with Crippen LogP contribution in [0.15, 0.2) is 11.6 Å². The van der Waals surface area contributed by atoms with Gasteiger partial charge in [0.05, 0.1) is 0 Å². The molecule has 0 aliphatic carbocycles. The van der Waals surface area contributed by atoms with Crippen molar-refractivity contribution in [2.75, 3.05) is 11.4 Å². The van der Waals surface area contributed by atoms with Gasteiger partial charge in [0.15, 0.2) is 5.13 Å². The minimum Gasteiger partial charge on any atom is -0.287 e. The van der Waals surface area contributed by atoms with Gasteiger partial charge in [0.25, 0.3) is 0 Å². The largest absolute Gasteiger partial charge is 0.287 e. The van der Waals surface area contributed by atoms with Crippen molar-refractivity contribution < 1.29 is 13.2 Å². The van der Waals surface area contributed by atoms with Gasteiger partial charge in [-0.25, -0.2) is 18.5 Å². The number of hydrogen-bond acceptors (Lipinski definition) is 5. The quantitative estimate of drug-likeness (QED) is 0.765. The Labute approximate surface area is 90.8 Å². The number of amides is 1. The first kappa shape index (κ1) is 10.5. The fourth-order valence-electron chi connectivity index (χ4n) is 1.43. The monoisotopic (exact) mass is 247 g/mol. The van der Waals surface area contributed by atoms with Crippen LogP contribution in [0.2, 0.25) is 0 Å². The summed E-state index contributed by atoms with van der Waals surface area (Å²) in [5, 5.41) is 6.43. The van der Waals surface area contributed by atoms with E-state index in [4.69, 9.17) is 5.14 Å². The molecule has 0 bridgehead atoms. The van der Waals surface area contributed by atoms with E-state index < -0.39 is 15.3 Å². The summed E-state index contributed by atoms with van der Waals surface area (Å²) in [6, 6.07) is 0. The third-order valence-electron chi connectivity index (χ3n) is 2.20. The summed E-state index contributed by atoms with van der Waals surface area (Å²) in [5.41, 5.74) is 0. The van der Waals surface area contributed by atoms with Crippen LogP contribution in [0.4, 0.5) is 5.13 Å². The first-order valence-electron chi connectivity index (χ1n) is 4.20. The Balaban J connectivity index is 2.23. The molecule has 0 saturated carbocycles. The zero-order valence-corrected chi connectivity index (χ0v) is 9.29. The summed E-state index contributed by atoms with van der Waals surface area (Å²) < 4.78 is 22.2. The number of carbonyl (C=O) groups is 1. The van der Waals surface area contributed by atoms with E-state index in [1.165, 1.54) is 16.2 Å². The van der Waals surface area contributed by atoms with E-state index in [1.807, 2.05) is 0 Å². The zero-order chi connectivity index (χ0) is 11.1. The van der Waals surface area contributed by atoms with Crippen LogP contribution in [-0.4, -0.2) is 31.1 Å². The Kier molecular flexibility index (Phi) is 2.49. The lowest BCUT2D eigenvalue weighted by atomic mass is 10.4. The molecule has 15 heavy (non-hydrogen) atoms. The molecule has 0 aromatic carbocycles. The summed E-state index contributed by atoms with van der Waals surface area (Å²) in [5.74, 6) is -0.246. The highest BCUT2D eigenvalue weighted by Gasteiger charge is 2.37. The van der Waals surface area contributed by atoms with Crippen LogP contribution in [0.1, 0.15) is 6.42 Å². The number of hydrogen-bond donors (Lipinski definition) is 1. The first-order valence-corrected chi connectivity index (χ1v) is 6.69.